The molecular weight excluding hydrogens is 686 g/mol. The van der Waals surface area contributed by atoms with E-state index < -0.39 is 35.1 Å². The lowest BCUT2D eigenvalue weighted by molar-refractivity contribution is -0.127. The summed E-state index contributed by atoms with van der Waals surface area (Å²) in [6, 6.07) is 12.5. The van der Waals surface area contributed by atoms with E-state index in [0.29, 0.717) is 35.9 Å². The van der Waals surface area contributed by atoms with E-state index >= 15 is 8.78 Å². The number of benzene rings is 2. The normalized spacial score (nSPS) is 21.7. The molecule has 2 unspecified atom stereocenters. The Labute approximate surface area is 303 Å². The van der Waals surface area contributed by atoms with E-state index in [2.05, 4.69) is 25.8 Å². The van der Waals surface area contributed by atoms with Gasteiger partial charge in [-0.15, -0.1) is 6.42 Å². The number of carbonyl (C=O) groups excluding carboxylic acids is 1. The third-order valence-electron chi connectivity index (χ3n) is 10.8. The summed E-state index contributed by atoms with van der Waals surface area (Å²) in [6.07, 6.45) is 11.3. The first kappa shape index (κ1) is 34.5. The van der Waals surface area contributed by atoms with Gasteiger partial charge in [-0.3, -0.25) is 19.7 Å². The summed E-state index contributed by atoms with van der Waals surface area (Å²) in [4.78, 5) is 36.2. The van der Waals surface area contributed by atoms with Crippen molar-refractivity contribution in [3.63, 3.8) is 0 Å². The quantitative estimate of drug-likeness (QED) is 0.102. The van der Waals surface area contributed by atoms with Crippen molar-refractivity contribution in [2.24, 2.45) is 0 Å². The zero-order valence-corrected chi connectivity index (χ0v) is 28.9. The first-order valence-electron chi connectivity index (χ1n) is 17.5. The van der Waals surface area contributed by atoms with Crippen molar-refractivity contribution in [2.45, 2.75) is 43.4 Å². The maximum atomic E-state index is 16.9. The third kappa shape index (κ3) is 6.20. The largest absolute Gasteiger partial charge is 0.461 e. The highest BCUT2D eigenvalue weighted by Crippen LogP contribution is 2.41. The van der Waals surface area contributed by atoms with Crippen molar-refractivity contribution in [3.05, 3.63) is 89.6 Å². The Hall–Kier alpha value is -5.61. The molecule has 0 N–H and O–H groups in total. The second-order valence-corrected chi connectivity index (χ2v) is 13.9. The Morgan fingerprint density at radius 2 is 1.98 bits per heavy atom. The molecule has 0 bridgehead atoms. The summed E-state index contributed by atoms with van der Waals surface area (Å²) in [5.74, 6) is -0.418. The van der Waals surface area contributed by atoms with Crippen LogP contribution in [0.25, 0.3) is 39.0 Å². The van der Waals surface area contributed by atoms with Gasteiger partial charge in [-0.1, -0.05) is 36.3 Å². The van der Waals surface area contributed by atoms with Gasteiger partial charge in [-0.25, -0.2) is 17.6 Å². The molecule has 3 aliphatic rings. The Bertz CT molecular complexity index is 2320. The average molecular weight is 722 g/mol. The van der Waals surface area contributed by atoms with Crippen LogP contribution in [0.15, 0.2) is 66.8 Å². The van der Waals surface area contributed by atoms with Gasteiger partial charge >= 0.3 is 6.01 Å². The molecule has 5 aromatic rings. The number of amides is 1. The maximum Gasteiger partial charge on any atom is 0.319 e. The van der Waals surface area contributed by atoms with Crippen molar-refractivity contribution < 1.29 is 27.1 Å². The first-order chi connectivity index (χ1) is 25.7. The number of hydrogen-bond acceptors (Lipinski definition) is 8. The lowest BCUT2D eigenvalue weighted by Crippen LogP contribution is -2.43. The Balaban J connectivity index is 1.17. The van der Waals surface area contributed by atoms with Gasteiger partial charge in [0.15, 0.2) is 11.6 Å². The molecule has 3 fully saturated rings. The van der Waals surface area contributed by atoms with Gasteiger partial charge in [0, 0.05) is 68.6 Å². The van der Waals surface area contributed by atoms with E-state index in [1.165, 1.54) is 23.4 Å². The number of likely N-dealkylation sites (N-methyl/N-ethyl adjacent to an activating group) is 1. The van der Waals surface area contributed by atoms with Gasteiger partial charge in [0.2, 0.25) is 0 Å². The number of hydrogen-bond donors (Lipinski definition) is 0. The number of halogens is 4. The topological polar surface area (TPSA) is 87.6 Å². The van der Waals surface area contributed by atoms with E-state index in [4.69, 9.17) is 16.1 Å². The number of alkyl halides is 1. The van der Waals surface area contributed by atoms with Crippen LogP contribution in [0.5, 0.6) is 6.01 Å². The number of pyridine rings is 2. The lowest BCUT2D eigenvalue weighted by Gasteiger charge is -2.31. The monoisotopic (exact) mass is 721 g/mol. The molecule has 3 atom stereocenters. The maximum absolute atomic E-state index is 16.9. The highest BCUT2D eigenvalue weighted by Gasteiger charge is 2.49. The summed E-state index contributed by atoms with van der Waals surface area (Å²) in [5.41, 5.74) is -0.0954. The van der Waals surface area contributed by atoms with E-state index in [9.17, 15) is 13.6 Å². The number of terminal acetylenes is 1. The number of fused-ring (bicyclic) bond motifs is 3. The molecule has 6 heterocycles. The molecule has 1 amide bonds. The van der Waals surface area contributed by atoms with Gasteiger partial charge in [0.05, 0.1) is 22.2 Å². The summed E-state index contributed by atoms with van der Waals surface area (Å²) >= 11 is 0. The van der Waals surface area contributed by atoms with Gasteiger partial charge in [-0.2, -0.15) is 9.97 Å². The number of rotatable bonds is 8. The van der Waals surface area contributed by atoms with Crippen LogP contribution in [0.3, 0.4) is 0 Å². The molecule has 8 rings (SSSR count). The van der Waals surface area contributed by atoms with Crippen molar-refractivity contribution in [1.82, 2.24) is 29.7 Å². The highest BCUT2D eigenvalue weighted by molar-refractivity contribution is 6.02. The van der Waals surface area contributed by atoms with Crippen LogP contribution in [0, 0.1) is 24.0 Å². The molecule has 3 aromatic heterocycles. The number of aromatic nitrogens is 4. The molecule has 0 radical (unpaired) electrons. The lowest BCUT2D eigenvalue weighted by atomic mass is 9.95. The number of nitrogens with zero attached hydrogens (tertiary/aromatic N) is 7. The van der Waals surface area contributed by atoms with Crippen molar-refractivity contribution in [2.75, 3.05) is 44.7 Å². The van der Waals surface area contributed by atoms with E-state index in [0.717, 1.165) is 25.5 Å². The number of ether oxygens (including phenoxy) is 1. The first-order valence-corrected chi connectivity index (χ1v) is 17.5. The molecule has 9 nitrogen and oxygen atoms in total. The summed E-state index contributed by atoms with van der Waals surface area (Å²) in [5, 5.41) is 1.21. The van der Waals surface area contributed by atoms with Crippen LogP contribution in [0.4, 0.5) is 23.4 Å². The molecule has 270 valence electrons. The molecule has 13 heteroatoms. The Kier molecular flexibility index (Phi) is 8.94. The third-order valence-corrected chi connectivity index (χ3v) is 10.8. The fraction of sp³-hybridized carbons (Fsp3) is 0.325. The number of carbonyl (C=O) groups is 1. The van der Waals surface area contributed by atoms with Crippen LogP contribution >= 0.6 is 0 Å². The zero-order chi connectivity index (χ0) is 36.9. The predicted molar refractivity (Wildman–Crippen MR) is 193 cm³/mol. The molecular formula is C40H35F4N7O2. The standard InChI is InChI=1S/C40H35F4N7O2/c1-3-28-31(42)12-11-24-8-6-10-29(33(24)28)35-34(44)36-30(20-46-35)37(48-39(47-36)53-23-40-14-7-16-51(40)21-25(41)19-40)49(2)27-13-17-50(22-27)38(52)32(43)18-26-9-4-5-15-45-26/h1,4-6,8-12,15,18,20,25,27H,7,13-14,16-17,19,21-23H2,2H3/b32-18-/t25?,27?,40-/m0/s1. The smallest absolute Gasteiger partial charge is 0.319 e. The number of likely N-dealkylation sites (tertiary alicyclic amines) is 1. The highest BCUT2D eigenvalue weighted by atomic mass is 19.1. The summed E-state index contributed by atoms with van der Waals surface area (Å²) < 4.78 is 67.6. The van der Waals surface area contributed by atoms with Crippen LogP contribution in [-0.4, -0.2) is 93.2 Å². The minimum absolute atomic E-state index is 0.0127. The van der Waals surface area contributed by atoms with Crippen LogP contribution in [0.1, 0.15) is 36.9 Å². The Morgan fingerprint density at radius 3 is 2.79 bits per heavy atom. The van der Waals surface area contributed by atoms with E-state index in [-0.39, 0.29) is 65.3 Å². The summed E-state index contributed by atoms with van der Waals surface area (Å²) in [6.45, 7) is 1.65. The van der Waals surface area contributed by atoms with Gasteiger partial charge in [0.25, 0.3) is 5.91 Å². The molecule has 3 aliphatic heterocycles. The second kappa shape index (κ2) is 13.7. The van der Waals surface area contributed by atoms with Gasteiger partial charge in [-0.05, 0) is 49.4 Å². The minimum atomic E-state index is -0.973. The van der Waals surface area contributed by atoms with Crippen LogP contribution in [-0.2, 0) is 4.79 Å². The van der Waals surface area contributed by atoms with Crippen molar-refractivity contribution in [1.29, 1.82) is 0 Å². The van der Waals surface area contributed by atoms with Gasteiger partial charge < -0.3 is 14.5 Å². The molecule has 0 spiro atoms. The average Bonchev–Trinajstić information content (AvgIpc) is 3.89. The minimum Gasteiger partial charge on any atom is -0.461 e. The zero-order valence-electron chi connectivity index (χ0n) is 28.9. The van der Waals surface area contributed by atoms with E-state index in [1.807, 2.05) is 0 Å². The molecule has 3 saturated heterocycles. The molecule has 0 saturated carbocycles. The molecule has 0 aliphatic carbocycles. The van der Waals surface area contributed by atoms with Crippen molar-refractivity contribution in [3.8, 4) is 29.6 Å². The van der Waals surface area contributed by atoms with Gasteiger partial charge in [0.1, 0.15) is 35.6 Å². The SMILES string of the molecule is C#Cc1c(F)ccc2cccc(-c3ncc4c(N(C)C5CCN(C(=O)/C(F)=C/c6ccccn6)C5)nc(OC[C@@]56CCCN5CC(F)C6)nc4c3F)c12. The number of anilines is 1. The molecule has 2 aromatic carbocycles. The van der Waals surface area contributed by atoms with E-state index in [1.54, 1.807) is 54.4 Å². The molecule has 53 heavy (non-hydrogen) atoms. The van der Waals surface area contributed by atoms with Crippen LogP contribution < -0.4 is 9.64 Å². The fourth-order valence-electron chi connectivity index (χ4n) is 8.10. The van der Waals surface area contributed by atoms with Crippen molar-refractivity contribution >= 4 is 39.5 Å². The second-order valence-electron chi connectivity index (χ2n) is 13.9. The fourth-order valence-corrected chi connectivity index (χ4v) is 8.10. The Morgan fingerprint density at radius 1 is 1.11 bits per heavy atom. The van der Waals surface area contributed by atoms with Crippen LogP contribution in [0.2, 0.25) is 0 Å². The predicted octanol–water partition coefficient (Wildman–Crippen LogP) is 6.50. The summed E-state index contributed by atoms with van der Waals surface area (Å²) in [7, 11) is 1.75.